The van der Waals surface area contributed by atoms with Crippen LogP contribution in [0.15, 0.2) is 185 Å². The highest BCUT2D eigenvalue weighted by Gasteiger charge is 1.63. The molecule has 49 heavy (non-hydrogen) atoms. The summed E-state index contributed by atoms with van der Waals surface area (Å²) in [6.07, 6.45) is 35.1. The quantitative estimate of drug-likeness (QED) is 0.227. The van der Waals surface area contributed by atoms with Crippen LogP contribution in [0.1, 0.15) is 7.43 Å². The van der Waals surface area contributed by atoms with Crippen LogP contribution in [-0.2, 0) is 0 Å². The molecular formula is C31H34N18. The summed E-state index contributed by atoms with van der Waals surface area (Å²) in [6.45, 7) is 0. The second-order valence-corrected chi connectivity index (χ2v) is 7.03. The summed E-state index contributed by atoms with van der Waals surface area (Å²) < 4.78 is 0. The number of rotatable bonds is 0. The van der Waals surface area contributed by atoms with Gasteiger partial charge in [-0.2, -0.15) is 40.8 Å². The van der Waals surface area contributed by atoms with Crippen LogP contribution in [0.25, 0.3) is 0 Å². The van der Waals surface area contributed by atoms with E-state index in [2.05, 4.69) is 90.9 Å². The summed E-state index contributed by atoms with van der Waals surface area (Å²) >= 11 is 0. The monoisotopic (exact) mass is 658 g/mol. The fourth-order valence-electron chi connectivity index (χ4n) is 1.93. The molecular weight excluding hydrogens is 624 g/mol. The highest BCUT2D eigenvalue weighted by atomic mass is 15.1. The van der Waals surface area contributed by atoms with E-state index in [0.29, 0.717) is 0 Å². The topological polar surface area (TPSA) is 232 Å². The SMILES string of the molecule is C.c1ccnnc1.c1ccnnc1.c1ccnnc1.c1cnccn1.c1cncnc1.c1cncnc1.c1cnncn1.c1cnncn1. The zero-order valence-electron chi connectivity index (χ0n) is 25.4. The first-order chi connectivity index (χ1) is 24.0. The fourth-order valence-corrected chi connectivity index (χ4v) is 1.93. The largest absolute Gasteiger partial charge is 0.262 e. The van der Waals surface area contributed by atoms with E-state index in [4.69, 9.17) is 0 Å². The van der Waals surface area contributed by atoms with E-state index in [1.54, 1.807) is 111 Å². The number of nitrogens with zero attached hydrogens (tertiary/aromatic N) is 18. The van der Waals surface area contributed by atoms with Crippen LogP contribution in [0, 0.1) is 0 Å². The molecule has 18 nitrogen and oxygen atoms in total. The first-order valence-electron chi connectivity index (χ1n) is 13.4. The Bertz CT molecular complexity index is 1000. The Morgan fingerprint density at radius 2 is 0.408 bits per heavy atom. The third kappa shape index (κ3) is 36.6. The van der Waals surface area contributed by atoms with Crippen molar-refractivity contribution in [1.82, 2.24) is 90.9 Å². The molecule has 0 aliphatic carbocycles. The van der Waals surface area contributed by atoms with Crippen LogP contribution in [-0.4, -0.2) is 90.9 Å². The standard InChI is InChI=1S/6C4H4N2.2C3H3N3.CH4/c1-2-6-4-3-5-1;2*1-2-5-4-6-3-1;3*1-2-4-6-5-3-1;2*1-2-5-6-3-4-1;/h6*1-4H;2*1-3H;1H4. The van der Waals surface area contributed by atoms with Gasteiger partial charge in [-0.3, -0.25) is 9.97 Å². The van der Waals surface area contributed by atoms with Gasteiger partial charge in [0.05, 0.1) is 12.4 Å². The zero-order chi connectivity index (χ0) is 33.9. The van der Waals surface area contributed by atoms with E-state index in [0.717, 1.165) is 0 Å². The van der Waals surface area contributed by atoms with Crippen LogP contribution in [0.5, 0.6) is 0 Å². The van der Waals surface area contributed by atoms with Gasteiger partial charge in [0.15, 0.2) is 0 Å². The Kier molecular flexibility index (Phi) is 32.6. The summed E-state index contributed by atoms with van der Waals surface area (Å²) in [6, 6.07) is 14.5. The Hall–Kier alpha value is -7.50. The van der Waals surface area contributed by atoms with E-state index < -0.39 is 0 Å². The molecule has 8 rings (SSSR count). The summed E-state index contributed by atoms with van der Waals surface area (Å²) in [5.74, 6) is 0. The predicted octanol–water partition coefficient (Wildman–Crippen LogP) is 3.24. The van der Waals surface area contributed by atoms with Crippen LogP contribution in [0.2, 0.25) is 0 Å². The van der Waals surface area contributed by atoms with Crippen LogP contribution in [0.4, 0.5) is 0 Å². The lowest BCUT2D eigenvalue weighted by atomic mass is 10.6. The van der Waals surface area contributed by atoms with E-state index in [9.17, 15) is 0 Å². The lowest BCUT2D eigenvalue weighted by Gasteiger charge is -1.70. The number of hydrogen-bond acceptors (Lipinski definition) is 18. The van der Waals surface area contributed by atoms with Crippen molar-refractivity contribution in [1.29, 1.82) is 0 Å². The molecule has 0 unspecified atom stereocenters. The Morgan fingerprint density at radius 1 is 0.163 bits per heavy atom. The highest BCUT2D eigenvalue weighted by Crippen LogP contribution is 1.70. The van der Waals surface area contributed by atoms with Crippen LogP contribution < -0.4 is 0 Å². The van der Waals surface area contributed by atoms with Gasteiger partial charge in [-0.1, -0.05) is 7.43 Å². The molecule has 0 N–H and O–H groups in total. The van der Waals surface area contributed by atoms with Crippen molar-refractivity contribution in [2.75, 3.05) is 0 Å². The maximum atomic E-state index is 3.72. The minimum absolute atomic E-state index is 0. The molecule has 0 aliphatic heterocycles. The minimum Gasteiger partial charge on any atom is -0.262 e. The molecule has 0 fully saturated rings. The Morgan fingerprint density at radius 3 is 0.490 bits per heavy atom. The van der Waals surface area contributed by atoms with Crippen molar-refractivity contribution < 1.29 is 0 Å². The van der Waals surface area contributed by atoms with Crippen molar-refractivity contribution >= 4 is 0 Å². The van der Waals surface area contributed by atoms with E-state index in [1.807, 2.05) is 36.4 Å². The van der Waals surface area contributed by atoms with Gasteiger partial charge in [-0.15, -0.1) is 10.2 Å². The van der Waals surface area contributed by atoms with Gasteiger partial charge < -0.3 is 0 Å². The van der Waals surface area contributed by atoms with E-state index >= 15 is 0 Å². The molecule has 0 aliphatic rings. The van der Waals surface area contributed by atoms with Gasteiger partial charge in [-0.25, -0.2) is 29.9 Å². The molecule has 0 atom stereocenters. The van der Waals surface area contributed by atoms with Crippen LogP contribution in [0.3, 0.4) is 0 Å². The average molecular weight is 659 g/mol. The van der Waals surface area contributed by atoms with Crippen molar-refractivity contribution in [2.24, 2.45) is 0 Å². The molecule has 8 heterocycles. The molecule has 0 saturated carbocycles. The van der Waals surface area contributed by atoms with E-state index in [1.165, 1.54) is 37.7 Å². The zero-order valence-corrected chi connectivity index (χ0v) is 25.4. The molecule has 0 bridgehead atoms. The molecule has 0 aromatic carbocycles. The Labute approximate surface area is 283 Å². The summed E-state index contributed by atoms with van der Waals surface area (Å²) in [7, 11) is 0. The van der Waals surface area contributed by atoms with Gasteiger partial charge in [0.1, 0.15) is 25.3 Å². The first kappa shape index (κ1) is 41.5. The normalized spacial score (nSPS) is 7.84. The average Bonchev–Trinajstić information content (AvgIpc) is 3.25. The molecule has 8 aromatic rings. The minimum atomic E-state index is 0. The highest BCUT2D eigenvalue weighted by molar-refractivity contribution is 4.81. The summed E-state index contributed by atoms with van der Waals surface area (Å²) in [4.78, 5) is 29.4. The molecule has 0 spiro atoms. The maximum absolute atomic E-state index is 3.72. The molecule has 8 aromatic heterocycles. The van der Waals surface area contributed by atoms with Crippen LogP contribution >= 0.6 is 0 Å². The Balaban J connectivity index is 0.000000536. The first-order valence-corrected chi connectivity index (χ1v) is 13.4. The lowest BCUT2D eigenvalue weighted by molar-refractivity contribution is 0.969. The predicted molar refractivity (Wildman–Crippen MR) is 179 cm³/mol. The second kappa shape index (κ2) is 38.5. The fraction of sp³-hybridized carbons (Fsp3) is 0.0323. The third-order valence-corrected chi connectivity index (χ3v) is 3.69. The number of aromatic nitrogens is 18. The van der Waals surface area contributed by atoms with Crippen molar-refractivity contribution in [2.45, 2.75) is 7.43 Å². The van der Waals surface area contributed by atoms with Gasteiger partial charge >= 0.3 is 0 Å². The van der Waals surface area contributed by atoms with Gasteiger partial charge in [0.2, 0.25) is 0 Å². The molecule has 18 heteroatoms. The van der Waals surface area contributed by atoms with Crippen molar-refractivity contribution in [3.8, 4) is 0 Å². The summed E-state index contributed by atoms with van der Waals surface area (Å²) in [5, 5.41) is 35.0. The molecule has 0 saturated heterocycles. The molecule has 0 radical (unpaired) electrons. The van der Waals surface area contributed by atoms with Gasteiger partial charge in [0.25, 0.3) is 0 Å². The molecule has 0 amide bonds. The second-order valence-electron chi connectivity index (χ2n) is 7.03. The summed E-state index contributed by atoms with van der Waals surface area (Å²) in [5.41, 5.74) is 0. The lowest BCUT2D eigenvalue weighted by Crippen LogP contribution is -1.75. The third-order valence-electron chi connectivity index (χ3n) is 3.69. The van der Waals surface area contributed by atoms with E-state index in [-0.39, 0.29) is 7.43 Å². The maximum Gasteiger partial charge on any atom is 0.138 e. The number of hydrogen-bond donors (Lipinski definition) is 0. The van der Waals surface area contributed by atoms with Gasteiger partial charge in [-0.05, 0) is 48.5 Å². The van der Waals surface area contributed by atoms with Gasteiger partial charge in [0, 0.05) is 99.1 Å². The van der Waals surface area contributed by atoms with Crippen molar-refractivity contribution in [3.05, 3.63) is 185 Å². The molecule has 248 valence electrons. The smallest absolute Gasteiger partial charge is 0.138 e. The van der Waals surface area contributed by atoms with Crippen molar-refractivity contribution in [3.63, 3.8) is 0 Å².